The molecule has 5 aromatic rings. The summed E-state index contributed by atoms with van der Waals surface area (Å²) in [4.78, 5) is 97.4. The number of rotatable bonds is 15. The van der Waals surface area contributed by atoms with E-state index in [2.05, 4.69) is 46.2 Å². The first-order valence-electron chi connectivity index (χ1n) is 21.8. The highest BCUT2D eigenvalue weighted by molar-refractivity contribution is 6.06. The molecule has 0 aliphatic carbocycles. The van der Waals surface area contributed by atoms with Gasteiger partial charge in [0.05, 0.1) is 23.8 Å². The van der Waals surface area contributed by atoms with E-state index in [1.54, 1.807) is 47.2 Å². The van der Waals surface area contributed by atoms with Gasteiger partial charge in [-0.05, 0) is 68.6 Å². The number of carbonyl (C=O) groups is 6. The molecule has 6 heterocycles. The van der Waals surface area contributed by atoms with Crippen molar-refractivity contribution in [1.82, 2.24) is 50.5 Å². The number of hydrogen-bond acceptors (Lipinski definition) is 14. The summed E-state index contributed by atoms with van der Waals surface area (Å²) in [5.41, 5.74) is 10.3. The van der Waals surface area contributed by atoms with Crippen LogP contribution in [0.15, 0.2) is 73.3 Å². The summed E-state index contributed by atoms with van der Waals surface area (Å²) in [5, 5.41) is 15.6. The van der Waals surface area contributed by atoms with E-state index in [-0.39, 0.29) is 48.6 Å². The number of carbonyl (C=O) groups excluding carboxylic acids is 6. The van der Waals surface area contributed by atoms with Crippen molar-refractivity contribution < 1.29 is 33.5 Å². The normalized spacial score (nSPS) is 16.4. The quantitative estimate of drug-likeness (QED) is 0.0748. The Morgan fingerprint density at radius 3 is 2.35 bits per heavy atom. The summed E-state index contributed by atoms with van der Waals surface area (Å²) in [5.74, 6) is -0.391. The highest BCUT2D eigenvalue weighted by Crippen LogP contribution is 2.40. The van der Waals surface area contributed by atoms with Crippen molar-refractivity contribution in [3.05, 3.63) is 95.6 Å². The summed E-state index contributed by atoms with van der Waals surface area (Å²) < 4.78 is 7.44. The van der Waals surface area contributed by atoms with Crippen LogP contribution in [-0.2, 0) is 28.0 Å². The van der Waals surface area contributed by atoms with Crippen LogP contribution < -0.4 is 36.6 Å². The van der Waals surface area contributed by atoms with Crippen molar-refractivity contribution in [2.24, 2.45) is 12.8 Å². The number of anilines is 3. The zero-order chi connectivity index (χ0) is 46.5. The third-order valence-corrected chi connectivity index (χ3v) is 12.0. The van der Waals surface area contributed by atoms with Gasteiger partial charge in [0.25, 0.3) is 17.7 Å². The fourth-order valence-electron chi connectivity index (χ4n) is 8.65. The number of amides is 6. The molecular weight excluding hydrogens is 847 g/mol. The zero-order valence-corrected chi connectivity index (χ0v) is 36.9. The van der Waals surface area contributed by atoms with Crippen LogP contribution in [0.5, 0.6) is 5.75 Å². The number of benzene rings is 2. The molecule has 0 saturated carbocycles. The number of nitrogens with two attached hydrogens (primary N) is 1. The number of aromatic nitrogens is 5. The molecule has 3 aliphatic heterocycles. The SMILES string of the molecule is CNC(=O)c1cnc(Nc2ccc(C(=O)NC(CCCCN)C(=O)N3CCN(c4cccc5c4CN(C4CCC(=O)NC4=O)C5=O)CC3)cn2)cc1-c1cccc(-c2ncn(C)n2)c1OC. The van der Waals surface area contributed by atoms with Gasteiger partial charge in [0.1, 0.15) is 35.8 Å². The number of unbranched alkanes of at least 4 members (excludes halogenated alkanes) is 1. The second kappa shape index (κ2) is 19.6. The molecule has 2 aromatic carbocycles. The van der Waals surface area contributed by atoms with Crippen molar-refractivity contribution >= 4 is 52.8 Å². The van der Waals surface area contributed by atoms with E-state index < -0.39 is 23.9 Å². The van der Waals surface area contributed by atoms with Crippen LogP contribution in [-0.4, -0.2) is 129 Å². The van der Waals surface area contributed by atoms with Gasteiger partial charge in [-0.25, -0.2) is 15.0 Å². The van der Waals surface area contributed by atoms with Crippen LogP contribution in [0.4, 0.5) is 17.3 Å². The third kappa shape index (κ3) is 9.25. The van der Waals surface area contributed by atoms with E-state index >= 15 is 0 Å². The average Bonchev–Trinajstić information content (AvgIpc) is 3.92. The Morgan fingerprint density at radius 2 is 1.65 bits per heavy atom. The molecule has 20 nitrogen and oxygen atoms in total. The number of ether oxygens (including phenoxy) is 1. The average molecular weight is 898 g/mol. The Labute approximate surface area is 380 Å². The maximum absolute atomic E-state index is 14.1. The van der Waals surface area contributed by atoms with E-state index in [4.69, 9.17) is 10.5 Å². The molecule has 342 valence electrons. The van der Waals surface area contributed by atoms with Crippen LogP contribution >= 0.6 is 0 Å². The fraction of sp³-hybridized carbons (Fsp3) is 0.348. The zero-order valence-electron chi connectivity index (χ0n) is 36.9. The van der Waals surface area contributed by atoms with Gasteiger partial charge in [0.2, 0.25) is 17.7 Å². The largest absolute Gasteiger partial charge is 0.495 e. The lowest BCUT2D eigenvalue weighted by Crippen LogP contribution is -2.55. The molecule has 6 amide bonds. The van der Waals surface area contributed by atoms with E-state index in [0.29, 0.717) is 103 Å². The molecule has 0 bridgehead atoms. The number of nitrogens with one attached hydrogen (secondary N) is 4. The minimum Gasteiger partial charge on any atom is -0.495 e. The van der Waals surface area contributed by atoms with Gasteiger partial charge in [-0.3, -0.25) is 38.8 Å². The number of hydrogen-bond donors (Lipinski definition) is 5. The Hall–Kier alpha value is -7.74. The Kier molecular flexibility index (Phi) is 13.3. The highest BCUT2D eigenvalue weighted by atomic mass is 16.5. The smallest absolute Gasteiger partial charge is 0.255 e. The molecule has 3 aromatic heterocycles. The lowest BCUT2D eigenvalue weighted by molar-refractivity contribution is -0.137. The Balaban J connectivity index is 0.930. The van der Waals surface area contributed by atoms with Crippen LogP contribution in [0.1, 0.15) is 68.7 Å². The molecule has 2 unspecified atom stereocenters. The summed E-state index contributed by atoms with van der Waals surface area (Å²) in [6, 6.07) is 14.4. The number of fused-ring (bicyclic) bond motifs is 1. The van der Waals surface area contributed by atoms with Crippen molar-refractivity contribution in [2.45, 2.75) is 50.7 Å². The lowest BCUT2D eigenvalue weighted by Gasteiger charge is -2.38. The number of para-hydroxylation sites is 1. The molecule has 20 heteroatoms. The second-order valence-corrected chi connectivity index (χ2v) is 16.2. The molecule has 2 fully saturated rings. The lowest BCUT2D eigenvalue weighted by atomic mass is 9.97. The molecule has 66 heavy (non-hydrogen) atoms. The first kappa shape index (κ1) is 44.9. The number of methoxy groups -OCH3 is 1. The first-order chi connectivity index (χ1) is 32.0. The molecule has 8 rings (SSSR count). The van der Waals surface area contributed by atoms with Crippen molar-refractivity contribution in [2.75, 3.05) is 57.1 Å². The summed E-state index contributed by atoms with van der Waals surface area (Å²) >= 11 is 0. The minimum absolute atomic E-state index is 0.173. The number of piperidine rings is 1. The van der Waals surface area contributed by atoms with E-state index in [1.165, 1.54) is 31.5 Å². The summed E-state index contributed by atoms with van der Waals surface area (Å²) in [6.45, 7) is 2.45. The van der Waals surface area contributed by atoms with Crippen LogP contribution in [0.3, 0.4) is 0 Å². The van der Waals surface area contributed by atoms with E-state index in [9.17, 15) is 28.8 Å². The molecule has 6 N–H and O–H groups in total. The second-order valence-electron chi connectivity index (χ2n) is 16.2. The molecule has 2 saturated heterocycles. The van der Waals surface area contributed by atoms with Crippen LogP contribution in [0.2, 0.25) is 0 Å². The third-order valence-electron chi connectivity index (χ3n) is 12.0. The molecule has 2 atom stereocenters. The predicted molar refractivity (Wildman–Crippen MR) is 243 cm³/mol. The monoisotopic (exact) mass is 897 g/mol. The Morgan fingerprint density at radius 1 is 0.894 bits per heavy atom. The van der Waals surface area contributed by atoms with E-state index in [1.807, 2.05) is 30.3 Å². The molecule has 0 radical (unpaired) electrons. The molecule has 0 spiro atoms. The molecular formula is C46H51N13O7. The van der Waals surface area contributed by atoms with E-state index in [0.717, 1.165) is 11.3 Å². The number of imide groups is 1. The van der Waals surface area contributed by atoms with Crippen molar-refractivity contribution in [1.29, 1.82) is 0 Å². The van der Waals surface area contributed by atoms with Crippen molar-refractivity contribution in [3.8, 4) is 28.3 Å². The van der Waals surface area contributed by atoms with Gasteiger partial charge < -0.3 is 41.1 Å². The number of aryl methyl sites for hydroxylation is 1. The predicted octanol–water partition coefficient (Wildman–Crippen LogP) is 2.39. The topological polar surface area (TPSA) is 252 Å². The number of piperazine rings is 1. The van der Waals surface area contributed by atoms with Gasteiger partial charge in [0, 0.05) is 93.6 Å². The summed E-state index contributed by atoms with van der Waals surface area (Å²) in [6.07, 6.45) is 6.62. The maximum atomic E-state index is 14.1. The standard InChI is InChI=1S/C46H51N13O7/c1-48-43(62)32-24-50-38(22-31(32)28-8-6-10-30(40(28)66-3)41-51-26-56(2)55-41)53-37-15-13-27(23-49-37)42(61)52-34(11-4-5-17-47)46(65)58-20-18-57(19-21-58)35-12-7-9-29-33(35)25-59(45(29)64)36-14-16-39(60)54-44(36)63/h6-10,12-13,15,22-24,26,34,36H,4-5,11,14,16-21,25,47H2,1-3H3,(H,48,62)(H,52,61)(H,49,50,53)(H,54,60,63). The van der Waals surface area contributed by atoms with Gasteiger partial charge in [0.15, 0.2) is 5.82 Å². The Bertz CT molecular complexity index is 2680. The summed E-state index contributed by atoms with van der Waals surface area (Å²) in [7, 11) is 4.84. The molecule has 3 aliphatic rings. The van der Waals surface area contributed by atoms with Gasteiger partial charge in [-0.1, -0.05) is 18.2 Å². The fourth-order valence-corrected chi connectivity index (χ4v) is 8.65. The number of nitrogens with zero attached hydrogens (tertiary/aromatic N) is 8. The van der Waals surface area contributed by atoms with Crippen LogP contribution in [0, 0.1) is 0 Å². The number of pyridine rings is 2. The minimum atomic E-state index is -0.806. The van der Waals surface area contributed by atoms with Crippen LogP contribution in [0.25, 0.3) is 22.5 Å². The first-order valence-corrected chi connectivity index (χ1v) is 21.8. The van der Waals surface area contributed by atoms with Gasteiger partial charge >= 0.3 is 0 Å². The maximum Gasteiger partial charge on any atom is 0.255 e. The highest BCUT2D eigenvalue weighted by Gasteiger charge is 2.41. The van der Waals surface area contributed by atoms with Gasteiger partial charge in [-0.2, -0.15) is 5.10 Å². The van der Waals surface area contributed by atoms with Gasteiger partial charge in [-0.15, -0.1) is 0 Å². The van der Waals surface area contributed by atoms with Crippen molar-refractivity contribution in [3.63, 3.8) is 0 Å².